The molecular formula is C16H22O4. The molecular weight excluding hydrogens is 256 g/mol. The Morgan fingerprint density at radius 2 is 1.95 bits per heavy atom. The molecule has 2 aliphatic carbocycles. The molecule has 4 nitrogen and oxygen atoms in total. The zero-order valence-corrected chi connectivity index (χ0v) is 12.1. The van der Waals surface area contributed by atoms with Gasteiger partial charge in [-0.1, -0.05) is 12.7 Å². The number of ketones is 2. The molecule has 4 unspecified atom stereocenters. The van der Waals surface area contributed by atoms with E-state index in [0.29, 0.717) is 24.0 Å². The number of aliphatic hydroxyl groups is 2. The van der Waals surface area contributed by atoms with E-state index in [9.17, 15) is 19.8 Å². The molecule has 0 aliphatic heterocycles. The van der Waals surface area contributed by atoms with Crippen LogP contribution in [-0.2, 0) is 9.59 Å². The Kier molecular flexibility index (Phi) is 3.98. The molecule has 20 heavy (non-hydrogen) atoms. The summed E-state index contributed by atoms with van der Waals surface area (Å²) < 4.78 is 0. The van der Waals surface area contributed by atoms with Gasteiger partial charge in [-0.15, -0.1) is 0 Å². The summed E-state index contributed by atoms with van der Waals surface area (Å²) in [7, 11) is 0. The maximum atomic E-state index is 12.1. The van der Waals surface area contributed by atoms with Crippen molar-refractivity contribution in [1.82, 2.24) is 0 Å². The Morgan fingerprint density at radius 3 is 2.60 bits per heavy atom. The Morgan fingerprint density at radius 1 is 1.30 bits per heavy atom. The maximum absolute atomic E-state index is 12.1. The zero-order chi connectivity index (χ0) is 15.1. The summed E-state index contributed by atoms with van der Waals surface area (Å²) in [5.74, 6) is -0.897. The van der Waals surface area contributed by atoms with Crippen LogP contribution in [0.25, 0.3) is 0 Å². The first kappa shape index (κ1) is 15.1. The van der Waals surface area contributed by atoms with E-state index in [1.807, 2.05) is 0 Å². The molecule has 110 valence electrons. The van der Waals surface area contributed by atoms with Crippen LogP contribution < -0.4 is 0 Å². The second kappa shape index (κ2) is 5.26. The first-order chi connectivity index (χ1) is 9.24. The lowest BCUT2D eigenvalue weighted by Crippen LogP contribution is -2.45. The van der Waals surface area contributed by atoms with E-state index in [4.69, 9.17) is 0 Å². The molecule has 2 aliphatic rings. The van der Waals surface area contributed by atoms with Crippen LogP contribution in [0.3, 0.4) is 0 Å². The summed E-state index contributed by atoms with van der Waals surface area (Å²) >= 11 is 0. The third kappa shape index (κ3) is 2.63. The normalized spacial score (nSPS) is 42.1. The number of hydrogen-bond acceptors (Lipinski definition) is 4. The zero-order valence-electron chi connectivity index (χ0n) is 12.1. The molecule has 0 radical (unpaired) electrons. The van der Waals surface area contributed by atoms with Crippen LogP contribution >= 0.6 is 0 Å². The lowest BCUT2D eigenvalue weighted by atomic mass is 9.76. The van der Waals surface area contributed by atoms with Crippen LogP contribution in [-0.4, -0.2) is 33.5 Å². The SMILES string of the molecule is C=C1C(=O)CC2C1CC(=O)/C(C)=C/CCC(C)(O)C2O. The van der Waals surface area contributed by atoms with E-state index < -0.39 is 17.6 Å². The Labute approximate surface area is 119 Å². The molecule has 0 aromatic rings. The highest BCUT2D eigenvalue weighted by Gasteiger charge is 2.47. The second-order valence-electron chi connectivity index (χ2n) is 6.28. The van der Waals surface area contributed by atoms with Crippen molar-refractivity contribution < 1.29 is 19.8 Å². The fourth-order valence-corrected chi connectivity index (χ4v) is 3.22. The first-order valence-corrected chi connectivity index (χ1v) is 7.06. The largest absolute Gasteiger partial charge is 0.390 e. The van der Waals surface area contributed by atoms with Gasteiger partial charge in [0.15, 0.2) is 11.6 Å². The number of allylic oxidation sites excluding steroid dienone is 3. The number of carbonyl (C=O) groups excluding carboxylic acids is 2. The minimum atomic E-state index is -1.26. The summed E-state index contributed by atoms with van der Waals surface area (Å²) in [4.78, 5) is 24.0. The third-order valence-electron chi connectivity index (χ3n) is 4.73. The number of carbonyl (C=O) groups is 2. The van der Waals surface area contributed by atoms with E-state index in [1.54, 1.807) is 19.9 Å². The van der Waals surface area contributed by atoms with Gasteiger partial charge in [-0.05, 0) is 43.8 Å². The van der Waals surface area contributed by atoms with Crippen LogP contribution in [0, 0.1) is 11.8 Å². The molecule has 1 fully saturated rings. The Hall–Kier alpha value is -1.26. The van der Waals surface area contributed by atoms with E-state index in [1.165, 1.54) is 0 Å². The van der Waals surface area contributed by atoms with Crippen molar-refractivity contribution in [3.05, 3.63) is 23.8 Å². The molecule has 0 aromatic carbocycles. The molecule has 2 N–H and O–H groups in total. The summed E-state index contributed by atoms with van der Waals surface area (Å²) in [6.07, 6.45) is 2.02. The van der Waals surface area contributed by atoms with Crippen molar-refractivity contribution in [1.29, 1.82) is 0 Å². The highest BCUT2D eigenvalue weighted by molar-refractivity contribution is 6.01. The highest BCUT2D eigenvalue weighted by Crippen LogP contribution is 2.42. The Balaban J connectivity index is 2.39. The predicted octanol–water partition coefficient (Wildman–Crippen LogP) is 1.56. The smallest absolute Gasteiger partial charge is 0.158 e. The lowest BCUT2D eigenvalue weighted by molar-refractivity contribution is -0.122. The van der Waals surface area contributed by atoms with Gasteiger partial charge < -0.3 is 10.2 Å². The van der Waals surface area contributed by atoms with Crippen molar-refractivity contribution in [2.75, 3.05) is 0 Å². The predicted molar refractivity (Wildman–Crippen MR) is 75.0 cm³/mol. The minimum Gasteiger partial charge on any atom is -0.390 e. The molecule has 0 saturated heterocycles. The fraction of sp³-hybridized carbons (Fsp3) is 0.625. The molecule has 2 rings (SSSR count). The monoisotopic (exact) mass is 278 g/mol. The van der Waals surface area contributed by atoms with Crippen molar-refractivity contribution >= 4 is 11.6 Å². The number of Topliss-reactive ketones (excluding diaryl/α,β-unsaturated/α-hetero) is 2. The van der Waals surface area contributed by atoms with Crippen molar-refractivity contribution in [3.63, 3.8) is 0 Å². The van der Waals surface area contributed by atoms with Crippen LogP contribution in [0.4, 0.5) is 0 Å². The van der Waals surface area contributed by atoms with E-state index >= 15 is 0 Å². The molecule has 0 aromatic heterocycles. The van der Waals surface area contributed by atoms with Crippen molar-refractivity contribution in [2.45, 2.75) is 51.2 Å². The summed E-state index contributed by atoms with van der Waals surface area (Å²) in [6.45, 7) is 7.12. The summed E-state index contributed by atoms with van der Waals surface area (Å²) in [5.41, 5.74) is -0.194. The van der Waals surface area contributed by atoms with Crippen LogP contribution in [0.5, 0.6) is 0 Å². The van der Waals surface area contributed by atoms with Crippen molar-refractivity contribution in [3.8, 4) is 0 Å². The van der Waals surface area contributed by atoms with Gasteiger partial charge in [0.1, 0.15) is 0 Å². The molecule has 0 amide bonds. The van der Waals surface area contributed by atoms with Crippen LogP contribution in [0.15, 0.2) is 23.8 Å². The van der Waals surface area contributed by atoms with Crippen LogP contribution in [0.2, 0.25) is 0 Å². The third-order valence-corrected chi connectivity index (χ3v) is 4.73. The lowest BCUT2D eigenvalue weighted by Gasteiger charge is -2.35. The molecule has 1 saturated carbocycles. The Bertz CT molecular complexity index is 487. The standard InChI is InChI=1S/C16H22O4/c1-9-5-4-6-16(3,20)15(19)12-8-14(18)10(2)11(12)7-13(9)17/h5,11-12,15,19-20H,2,4,6-8H2,1,3H3/b9-5+. The van der Waals surface area contributed by atoms with Gasteiger partial charge >= 0.3 is 0 Å². The summed E-state index contributed by atoms with van der Waals surface area (Å²) in [5, 5.41) is 20.9. The first-order valence-electron chi connectivity index (χ1n) is 7.06. The average Bonchev–Trinajstić information content (AvgIpc) is 2.64. The van der Waals surface area contributed by atoms with Gasteiger partial charge in [-0.2, -0.15) is 0 Å². The van der Waals surface area contributed by atoms with E-state index in [2.05, 4.69) is 6.58 Å². The molecule has 0 bridgehead atoms. The molecule has 4 heteroatoms. The van der Waals surface area contributed by atoms with Gasteiger partial charge in [-0.3, -0.25) is 9.59 Å². The van der Waals surface area contributed by atoms with Gasteiger partial charge in [0, 0.05) is 18.8 Å². The maximum Gasteiger partial charge on any atom is 0.158 e. The second-order valence-corrected chi connectivity index (χ2v) is 6.28. The molecule has 4 atom stereocenters. The fourth-order valence-electron chi connectivity index (χ4n) is 3.22. The number of rotatable bonds is 0. The van der Waals surface area contributed by atoms with Crippen LogP contribution in [0.1, 0.15) is 39.5 Å². The highest BCUT2D eigenvalue weighted by atomic mass is 16.3. The van der Waals surface area contributed by atoms with E-state index in [-0.39, 0.29) is 30.3 Å². The molecule has 0 heterocycles. The van der Waals surface area contributed by atoms with Crippen molar-refractivity contribution in [2.24, 2.45) is 11.8 Å². The average molecular weight is 278 g/mol. The van der Waals surface area contributed by atoms with Gasteiger partial charge in [0.25, 0.3) is 0 Å². The number of hydrogen-bond donors (Lipinski definition) is 2. The number of fused-ring (bicyclic) bond motifs is 1. The van der Waals surface area contributed by atoms with E-state index in [0.717, 1.165) is 0 Å². The quantitative estimate of drug-likeness (QED) is 0.659. The topological polar surface area (TPSA) is 74.6 Å². The minimum absolute atomic E-state index is 0.00964. The van der Waals surface area contributed by atoms with Gasteiger partial charge in [0.05, 0.1) is 11.7 Å². The summed E-state index contributed by atoms with van der Waals surface area (Å²) in [6, 6.07) is 0. The van der Waals surface area contributed by atoms with Gasteiger partial charge in [0.2, 0.25) is 0 Å². The number of aliphatic hydroxyl groups excluding tert-OH is 1. The molecule has 0 spiro atoms. The van der Waals surface area contributed by atoms with Gasteiger partial charge in [-0.25, -0.2) is 0 Å².